The second-order valence-corrected chi connectivity index (χ2v) is 8.42. The zero-order chi connectivity index (χ0) is 21.2. The monoisotopic (exact) mass is 444 g/mol. The van der Waals surface area contributed by atoms with Crippen LogP contribution in [0.1, 0.15) is 37.6 Å². The number of hydrogen-bond acceptors (Lipinski definition) is 9. The number of thioether (sulfide) groups is 1. The third kappa shape index (κ3) is 6.30. The van der Waals surface area contributed by atoms with Crippen LogP contribution in [0.5, 0.6) is 5.75 Å². The number of guanidine groups is 1. The van der Waals surface area contributed by atoms with Crippen LogP contribution in [0.4, 0.5) is 0 Å². The average molecular weight is 445 g/mol. The summed E-state index contributed by atoms with van der Waals surface area (Å²) < 4.78 is 5.80. The van der Waals surface area contributed by atoms with E-state index in [1.165, 1.54) is 0 Å². The molecular formula is C21H28N6OS2. The molecule has 0 radical (unpaired) electrons. The van der Waals surface area contributed by atoms with Gasteiger partial charge in [0.25, 0.3) is 0 Å². The van der Waals surface area contributed by atoms with Crippen LogP contribution in [0.15, 0.2) is 33.0 Å². The smallest absolute Gasteiger partial charge is 0.191 e. The highest BCUT2D eigenvalue weighted by Gasteiger charge is 2.12. The topological polar surface area (TPSA) is 83.8 Å². The Labute approximate surface area is 186 Å². The number of nitrogens with one attached hydrogen (secondary N) is 2. The standard InChI is InChI=1S/C21H28N6OS2/c1-4-5-9-28-16-10-17(15(2)25-11-16)20-27-19(13-30-20)18(22-3)12-29-14-26-21-23-7-6-8-24-21/h10-13H,3-9,14H2,1-2H3,(H2,23,24,26)/b18-12-. The van der Waals surface area contributed by atoms with Crippen LogP contribution in [-0.4, -0.2) is 48.2 Å². The Morgan fingerprint density at radius 3 is 3.17 bits per heavy atom. The third-order valence-electron chi connectivity index (χ3n) is 4.41. The molecule has 0 aromatic carbocycles. The van der Waals surface area contributed by atoms with E-state index in [0.29, 0.717) is 12.5 Å². The molecule has 0 saturated carbocycles. The highest BCUT2D eigenvalue weighted by molar-refractivity contribution is 8.02. The molecule has 3 rings (SSSR count). The van der Waals surface area contributed by atoms with E-state index in [9.17, 15) is 0 Å². The van der Waals surface area contributed by atoms with Gasteiger partial charge in [-0.25, -0.2) is 4.98 Å². The van der Waals surface area contributed by atoms with Crippen molar-refractivity contribution < 1.29 is 4.74 Å². The number of nitrogens with zero attached hydrogens (tertiary/aromatic N) is 4. The Balaban J connectivity index is 1.65. The fourth-order valence-electron chi connectivity index (χ4n) is 2.72. The summed E-state index contributed by atoms with van der Waals surface area (Å²) in [4.78, 5) is 17.8. The lowest BCUT2D eigenvalue weighted by Crippen LogP contribution is -2.40. The lowest BCUT2D eigenvalue weighted by Gasteiger charge is -2.15. The minimum Gasteiger partial charge on any atom is -0.492 e. The van der Waals surface area contributed by atoms with E-state index < -0.39 is 0 Å². The number of aliphatic imine (C=N–C) groups is 2. The lowest BCUT2D eigenvalue weighted by atomic mass is 10.2. The maximum atomic E-state index is 5.80. The molecule has 7 nitrogen and oxygen atoms in total. The molecule has 2 aromatic rings. The van der Waals surface area contributed by atoms with Crippen LogP contribution < -0.4 is 15.4 Å². The van der Waals surface area contributed by atoms with E-state index in [4.69, 9.17) is 9.72 Å². The van der Waals surface area contributed by atoms with E-state index in [-0.39, 0.29) is 0 Å². The van der Waals surface area contributed by atoms with Crippen molar-refractivity contribution in [1.82, 2.24) is 20.6 Å². The number of hydrogen-bond donors (Lipinski definition) is 2. The first-order valence-corrected chi connectivity index (χ1v) is 12.0. The minimum atomic E-state index is 0.696. The van der Waals surface area contributed by atoms with Gasteiger partial charge in [0.1, 0.15) is 16.5 Å². The van der Waals surface area contributed by atoms with Gasteiger partial charge < -0.3 is 15.4 Å². The molecule has 1 aliphatic rings. The van der Waals surface area contributed by atoms with Gasteiger partial charge in [-0.15, -0.1) is 23.1 Å². The van der Waals surface area contributed by atoms with Gasteiger partial charge in [-0.05, 0) is 32.5 Å². The van der Waals surface area contributed by atoms with Gasteiger partial charge in [0.2, 0.25) is 0 Å². The first kappa shape index (κ1) is 22.3. The van der Waals surface area contributed by atoms with E-state index in [1.54, 1.807) is 29.3 Å². The Kier molecular flexibility index (Phi) is 8.70. The van der Waals surface area contributed by atoms with Crippen molar-refractivity contribution in [3.63, 3.8) is 0 Å². The van der Waals surface area contributed by atoms with Crippen LogP contribution in [0.3, 0.4) is 0 Å². The molecule has 0 fully saturated rings. The Bertz CT molecular complexity index is 909. The second kappa shape index (κ2) is 11.7. The third-order valence-corrected chi connectivity index (χ3v) is 5.99. The van der Waals surface area contributed by atoms with E-state index in [2.05, 4.69) is 39.2 Å². The summed E-state index contributed by atoms with van der Waals surface area (Å²) >= 11 is 3.17. The van der Waals surface area contributed by atoms with Crippen LogP contribution in [0.2, 0.25) is 0 Å². The maximum absolute atomic E-state index is 5.80. The molecule has 0 spiro atoms. The molecule has 9 heteroatoms. The van der Waals surface area contributed by atoms with Crippen LogP contribution in [-0.2, 0) is 0 Å². The molecule has 0 aliphatic carbocycles. The Hall–Kier alpha value is -2.39. The van der Waals surface area contributed by atoms with Crippen LogP contribution in [0, 0.1) is 6.92 Å². The predicted octanol–water partition coefficient (Wildman–Crippen LogP) is 4.32. The zero-order valence-electron chi connectivity index (χ0n) is 17.5. The zero-order valence-corrected chi connectivity index (χ0v) is 19.1. The number of rotatable bonds is 10. The quantitative estimate of drug-likeness (QED) is 0.323. The largest absolute Gasteiger partial charge is 0.492 e. The van der Waals surface area contributed by atoms with Crippen molar-refractivity contribution in [1.29, 1.82) is 0 Å². The molecule has 2 N–H and O–H groups in total. The van der Waals surface area contributed by atoms with E-state index in [1.807, 2.05) is 23.8 Å². The molecule has 3 heterocycles. The summed E-state index contributed by atoms with van der Waals surface area (Å²) in [5, 5.41) is 11.4. The van der Waals surface area contributed by atoms with Gasteiger partial charge in [0.05, 0.1) is 24.4 Å². The summed E-state index contributed by atoms with van der Waals surface area (Å²) in [5.41, 5.74) is 3.47. The summed E-state index contributed by atoms with van der Waals surface area (Å²) in [6.07, 6.45) is 4.98. The van der Waals surface area contributed by atoms with Crippen molar-refractivity contribution in [3.05, 3.63) is 34.4 Å². The summed E-state index contributed by atoms with van der Waals surface area (Å²) in [5.74, 6) is 2.33. The molecule has 0 atom stereocenters. The van der Waals surface area contributed by atoms with Gasteiger partial charge in [-0.3, -0.25) is 15.0 Å². The van der Waals surface area contributed by atoms with Crippen molar-refractivity contribution >= 4 is 41.5 Å². The average Bonchev–Trinajstić information content (AvgIpc) is 3.25. The summed E-state index contributed by atoms with van der Waals surface area (Å²) in [6.45, 7) is 10.4. The van der Waals surface area contributed by atoms with Gasteiger partial charge >= 0.3 is 0 Å². The number of aromatic nitrogens is 2. The summed E-state index contributed by atoms with van der Waals surface area (Å²) in [7, 11) is 0. The fraction of sp³-hybridized carbons (Fsp3) is 0.429. The predicted molar refractivity (Wildman–Crippen MR) is 129 cm³/mol. The number of ether oxygens (including phenoxy) is 1. The van der Waals surface area contributed by atoms with Crippen molar-refractivity contribution in [2.45, 2.75) is 33.1 Å². The van der Waals surface area contributed by atoms with Gasteiger partial charge in [-0.1, -0.05) is 13.3 Å². The minimum absolute atomic E-state index is 0.696. The molecule has 0 unspecified atom stereocenters. The lowest BCUT2D eigenvalue weighted by molar-refractivity contribution is 0.308. The van der Waals surface area contributed by atoms with E-state index >= 15 is 0 Å². The SMILES string of the molecule is C=N/C(=C\SCNC1=NCCCN1)c1csc(-c2cc(OCCCC)cnc2C)n1. The van der Waals surface area contributed by atoms with Crippen molar-refractivity contribution in [2.75, 3.05) is 25.6 Å². The number of aryl methyl sites for hydroxylation is 1. The molecule has 160 valence electrons. The maximum Gasteiger partial charge on any atom is 0.191 e. The van der Waals surface area contributed by atoms with Crippen molar-refractivity contribution in [3.8, 4) is 16.3 Å². The first-order valence-electron chi connectivity index (χ1n) is 10.1. The van der Waals surface area contributed by atoms with Crippen molar-refractivity contribution in [2.24, 2.45) is 9.98 Å². The molecule has 0 bridgehead atoms. The highest BCUT2D eigenvalue weighted by Crippen LogP contribution is 2.31. The second-order valence-electron chi connectivity index (χ2n) is 6.70. The molecule has 2 aromatic heterocycles. The molecule has 1 aliphatic heterocycles. The number of pyridine rings is 1. The Morgan fingerprint density at radius 1 is 1.50 bits per heavy atom. The van der Waals surface area contributed by atoms with Gasteiger partial charge in [0, 0.05) is 35.1 Å². The van der Waals surface area contributed by atoms with Gasteiger partial charge in [-0.2, -0.15) is 0 Å². The van der Waals surface area contributed by atoms with Gasteiger partial charge in [0.15, 0.2) is 5.96 Å². The molecule has 30 heavy (non-hydrogen) atoms. The molecule has 0 saturated heterocycles. The van der Waals surface area contributed by atoms with E-state index in [0.717, 1.165) is 71.7 Å². The summed E-state index contributed by atoms with van der Waals surface area (Å²) in [6, 6.07) is 2.02. The number of thiazole rings is 1. The first-order chi connectivity index (χ1) is 14.7. The van der Waals surface area contributed by atoms with Crippen LogP contribution in [0.25, 0.3) is 16.3 Å². The van der Waals surface area contributed by atoms with Crippen LogP contribution >= 0.6 is 23.1 Å². The normalized spacial score (nSPS) is 14.1. The molecular weight excluding hydrogens is 416 g/mol. The number of unbranched alkanes of at least 4 members (excludes halogenated alkanes) is 1. The fourth-order valence-corrected chi connectivity index (χ4v) is 4.26. The highest BCUT2D eigenvalue weighted by atomic mass is 32.2. The Morgan fingerprint density at radius 2 is 2.40 bits per heavy atom. The molecule has 0 amide bonds.